The summed E-state index contributed by atoms with van der Waals surface area (Å²) in [4.78, 5) is 12.9. The van der Waals surface area contributed by atoms with E-state index in [0.29, 0.717) is 16.5 Å². The number of carbonyl (C=O) groups excluding carboxylic acids is 1. The van der Waals surface area contributed by atoms with Gasteiger partial charge in [-0.05, 0) is 55.1 Å². The molecule has 0 fully saturated rings. The minimum atomic E-state index is -0.558. The lowest BCUT2D eigenvalue weighted by Crippen LogP contribution is -2.20. The fourth-order valence-corrected chi connectivity index (χ4v) is 2.39. The molecule has 0 spiro atoms. The molecule has 0 heterocycles. The maximum Gasteiger partial charge on any atom is 0.233 e. The smallest absolute Gasteiger partial charge is 0.233 e. The van der Waals surface area contributed by atoms with E-state index in [4.69, 9.17) is 22.1 Å². The molecule has 0 aliphatic rings. The van der Waals surface area contributed by atoms with E-state index >= 15 is 0 Å². The van der Waals surface area contributed by atoms with Gasteiger partial charge in [0, 0.05) is 21.7 Å². The zero-order valence-corrected chi connectivity index (χ0v) is 12.4. The molecule has 3 nitrogen and oxygen atoms in total. The molecular formula is C15H14ClNO2S. The van der Waals surface area contributed by atoms with Crippen LogP contribution in [0.25, 0.3) is 0 Å². The van der Waals surface area contributed by atoms with E-state index in [2.05, 4.69) is 0 Å². The van der Waals surface area contributed by atoms with Crippen LogP contribution in [0.1, 0.15) is 6.92 Å². The van der Waals surface area contributed by atoms with Gasteiger partial charge in [-0.1, -0.05) is 17.7 Å². The molecule has 0 aliphatic carbocycles. The molecular weight excluding hydrogens is 294 g/mol. The van der Waals surface area contributed by atoms with Crippen LogP contribution in [0.4, 0.5) is 5.69 Å². The second-order valence-electron chi connectivity index (χ2n) is 4.21. The molecule has 20 heavy (non-hydrogen) atoms. The molecule has 0 unspecified atom stereocenters. The Balaban J connectivity index is 1.96. The summed E-state index contributed by atoms with van der Waals surface area (Å²) in [6, 6.07) is 14.1. The van der Waals surface area contributed by atoms with E-state index in [-0.39, 0.29) is 5.12 Å². The molecule has 0 bridgehead atoms. The van der Waals surface area contributed by atoms with Crippen molar-refractivity contribution in [3.63, 3.8) is 0 Å². The van der Waals surface area contributed by atoms with Gasteiger partial charge in [0.05, 0.1) is 0 Å². The van der Waals surface area contributed by atoms with Gasteiger partial charge in [0.15, 0.2) is 6.10 Å². The monoisotopic (exact) mass is 307 g/mol. The van der Waals surface area contributed by atoms with E-state index in [0.717, 1.165) is 16.7 Å². The maximum absolute atomic E-state index is 12.1. The SMILES string of the molecule is C[C@H](Oc1cccc(N)c1)C(=O)Sc1ccc(Cl)cc1. The van der Waals surface area contributed by atoms with E-state index in [1.807, 2.05) is 0 Å². The van der Waals surface area contributed by atoms with Crippen molar-refractivity contribution >= 4 is 34.2 Å². The summed E-state index contributed by atoms with van der Waals surface area (Å²) in [6.45, 7) is 1.72. The number of hydrogen-bond donors (Lipinski definition) is 1. The van der Waals surface area contributed by atoms with Gasteiger partial charge in [0.25, 0.3) is 0 Å². The molecule has 0 saturated carbocycles. The highest BCUT2D eigenvalue weighted by molar-refractivity contribution is 8.13. The molecule has 0 radical (unpaired) electrons. The van der Waals surface area contributed by atoms with Crippen molar-refractivity contribution in [2.24, 2.45) is 0 Å². The number of rotatable bonds is 4. The van der Waals surface area contributed by atoms with Gasteiger partial charge in [-0.2, -0.15) is 0 Å². The van der Waals surface area contributed by atoms with Crippen LogP contribution in [0.3, 0.4) is 0 Å². The van der Waals surface area contributed by atoms with Gasteiger partial charge in [-0.25, -0.2) is 0 Å². The molecule has 2 rings (SSSR count). The molecule has 2 aromatic rings. The van der Waals surface area contributed by atoms with Crippen LogP contribution in [0, 0.1) is 0 Å². The zero-order chi connectivity index (χ0) is 14.5. The Hall–Kier alpha value is -1.65. The number of hydrogen-bond acceptors (Lipinski definition) is 4. The number of benzene rings is 2. The first-order chi connectivity index (χ1) is 9.54. The van der Waals surface area contributed by atoms with E-state index in [1.165, 1.54) is 0 Å². The van der Waals surface area contributed by atoms with E-state index in [1.54, 1.807) is 55.5 Å². The minimum Gasteiger partial charge on any atom is -0.482 e. The van der Waals surface area contributed by atoms with Crippen LogP contribution in [0.5, 0.6) is 5.75 Å². The topological polar surface area (TPSA) is 52.3 Å². The Morgan fingerprint density at radius 3 is 2.60 bits per heavy atom. The van der Waals surface area contributed by atoms with Crippen LogP contribution in [0.2, 0.25) is 5.02 Å². The first kappa shape index (κ1) is 14.8. The molecule has 104 valence electrons. The van der Waals surface area contributed by atoms with Crippen molar-refractivity contribution in [3.8, 4) is 5.75 Å². The van der Waals surface area contributed by atoms with Gasteiger partial charge in [-0.3, -0.25) is 4.79 Å². The van der Waals surface area contributed by atoms with Crippen molar-refractivity contribution in [2.45, 2.75) is 17.9 Å². The van der Waals surface area contributed by atoms with Crippen molar-refractivity contribution in [1.29, 1.82) is 0 Å². The Morgan fingerprint density at radius 2 is 1.95 bits per heavy atom. The number of thioether (sulfide) groups is 1. The predicted molar refractivity (Wildman–Crippen MR) is 83.3 cm³/mol. The number of nitrogen functional groups attached to an aromatic ring is 1. The molecule has 2 N–H and O–H groups in total. The summed E-state index contributed by atoms with van der Waals surface area (Å²) >= 11 is 6.93. The summed E-state index contributed by atoms with van der Waals surface area (Å²) in [5.41, 5.74) is 6.27. The second-order valence-corrected chi connectivity index (χ2v) is 5.72. The highest BCUT2D eigenvalue weighted by Crippen LogP contribution is 2.24. The summed E-state index contributed by atoms with van der Waals surface area (Å²) in [7, 11) is 0. The van der Waals surface area contributed by atoms with Gasteiger partial charge in [0.2, 0.25) is 5.12 Å². The average Bonchev–Trinajstić information content (AvgIpc) is 2.41. The molecule has 0 saturated heterocycles. The Kier molecular flexibility index (Phi) is 4.93. The van der Waals surface area contributed by atoms with Crippen molar-refractivity contribution < 1.29 is 9.53 Å². The number of halogens is 1. The number of nitrogens with two attached hydrogens (primary N) is 1. The van der Waals surface area contributed by atoms with Crippen molar-refractivity contribution in [2.75, 3.05) is 5.73 Å². The van der Waals surface area contributed by atoms with Gasteiger partial charge in [-0.15, -0.1) is 0 Å². The summed E-state index contributed by atoms with van der Waals surface area (Å²) in [5, 5.41) is 0.570. The van der Waals surface area contributed by atoms with Gasteiger partial charge < -0.3 is 10.5 Å². The molecule has 2 aromatic carbocycles. The van der Waals surface area contributed by atoms with Crippen molar-refractivity contribution in [1.82, 2.24) is 0 Å². The zero-order valence-electron chi connectivity index (χ0n) is 10.9. The number of ether oxygens (including phenoxy) is 1. The average molecular weight is 308 g/mol. The standard InChI is InChI=1S/C15H14ClNO2S/c1-10(19-13-4-2-3-12(17)9-13)15(18)20-14-7-5-11(16)6-8-14/h2-10H,17H2,1H3/t10-/m0/s1. The van der Waals surface area contributed by atoms with Crippen molar-refractivity contribution in [3.05, 3.63) is 53.6 Å². The van der Waals surface area contributed by atoms with Gasteiger partial charge in [0.1, 0.15) is 5.75 Å². The van der Waals surface area contributed by atoms with Crippen LogP contribution in [0.15, 0.2) is 53.4 Å². The Morgan fingerprint density at radius 1 is 1.25 bits per heavy atom. The van der Waals surface area contributed by atoms with Crippen LogP contribution in [-0.2, 0) is 4.79 Å². The van der Waals surface area contributed by atoms with Gasteiger partial charge >= 0.3 is 0 Å². The molecule has 1 atom stereocenters. The fraction of sp³-hybridized carbons (Fsp3) is 0.133. The normalized spacial score (nSPS) is 11.9. The molecule has 0 aromatic heterocycles. The third-order valence-corrected chi connectivity index (χ3v) is 3.83. The first-order valence-corrected chi connectivity index (χ1v) is 7.23. The minimum absolute atomic E-state index is 0.0743. The lowest BCUT2D eigenvalue weighted by Gasteiger charge is -2.13. The quantitative estimate of drug-likeness (QED) is 0.685. The maximum atomic E-state index is 12.1. The predicted octanol–water partition coefficient (Wildman–Crippen LogP) is 4.01. The summed E-state index contributed by atoms with van der Waals surface area (Å²) in [6.07, 6.45) is -0.558. The third-order valence-electron chi connectivity index (χ3n) is 2.53. The van der Waals surface area contributed by atoms with Crippen LogP contribution in [-0.4, -0.2) is 11.2 Å². The molecule has 0 amide bonds. The Labute approximate surface area is 127 Å². The third kappa shape index (κ3) is 4.18. The van der Waals surface area contributed by atoms with Crippen LogP contribution < -0.4 is 10.5 Å². The van der Waals surface area contributed by atoms with E-state index < -0.39 is 6.10 Å². The molecule has 0 aliphatic heterocycles. The molecule has 5 heteroatoms. The Bertz CT molecular complexity index is 601. The fourth-order valence-electron chi connectivity index (χ4n) is 1.54. The number of anilines is 1. The number of carbonyl (C=O) groups is 1. The highest BCUT2D eigenvalue weighted by atomic mass is 35.5. The summed E-state index contributed by atoms with van der Waals surface area (Å²) < 4.78 is 5.58. The summed E-state index contributed by atoms with van der Waals surface area (Å²) in [5.74, 6) is 0.586. The lowest BCUT2D eigenvalue weighted by atomic mass is 10.3. The second kappa shape index (κ2) is 6.68. The lowest BCUT2D eigenvalue weighted by molar-refractivity contribution is -0.116. The first-order valence-electron chi connectivity index (χ1n) is 6.04. The van der Waals surface area contributed by atoms with E-state index in [9.17, 15) is 4.79 Å². The highest BCUT2D eigenvalue weighted by Gasteiger charge is 2.16. The van der Waals surface area contributed by atoms with Crippen LogP contribution >= 0.6 is 23.4 Å². The largest absolute Gasteiger partial charge is 0.482 e.